The van der Waals surface area contributed by atoms with Gasteiger partial charge in [0.05, 0.1) is 12.5 Å². The first kappa shape index (κ1) is 28.4. The van der Waals surface area contributed by atoms with Crippen LogP contribution in [0.25, 0.3) is 11.2 Å². The van der Waals surface area contributed by atoms with Gasteiger partial charge in [-0.05, 0) is 69.2 Å². The normalized spacial score (nSPS) is 20.8. The molecule has 3 atom stereocenters. The number of halogens is 2. The van der Waals surface area contributed by atoms with Gasteiger partial charge < -0.3 is 14.9 Å². The highest BCUT2D eigenvalue weighted by Gasteiger charge is 2.52. The van der Waals surface area contributed by atoms with Crippen LogP contribution < -0.4 is 0 Å². The molecular weight excluding hydrogens is 510 g/mol. The fourth-order valence-corrected chi connectivity index (χ4v) is 5.70. The molecule has 1 N–H and O–H groups in total. The van der Waals surface area contributed by atoms with Gasteiger partial charge in [0.2, 0.25) is 11.8 Å². The van der Waals surface area contributed by atoms with Crippen molar-refractivity contribution in [3.05, 3.63) is 36.3 Å². The Morgan fingerprint density at radius 3 is 2.46 bits per heavy atom. The predicted molar refractivity (Wildman–Crippen MR) is 140 cm³/mol. The minimum atomic E-state index is -3.05. The van der Waals surface area contributed by atoms with Gasteiger partial charge in [0, 0.05) is 38.8 Å². The number of aromatic nitrogens is 3. The van der Waals surface area contributed by atoms with Crippen molar-refractivity contribution in [3.8, 4) is 0 Å². The van der Waals surface area contributed by atoms with E-state index in [1.807, 2.05) is 24.4 Å². The summed E-state index contributed by atoms with van der Waals surface area (Å²) in [7, 11) is 3.11. The van der Waals surface area contributed by atoms with E-state index in [2.05, 4.69) is 10.1 Å². The molecule has 1 aliphatic heterocycles. The molecule has 3 heterocycles. The monoisotopic (exact) mass is 546 g/mol. The van der Waals surface area contributed by atoms with Gasteiger partial charge in [0.1, 0.15) is 12.4 Å². The van der Waals surface area contributed by atoms with Gasteiger partial charge in [-0.15, -0.1) is 0 Å². The molecule has 1 aliphatic carbocycles. The molecule has 1 fully saturated rings. The number of rotatable bonds is 6. The molecule has 0 saturated carbocycles. The zero-order chi connectivity index (χ0) is 28.7. The SMILES string of the molecule is CN(C)C(=O)[C@H](C1CC=C(c2ccc3ncnn3c2)CC1)[C@@H](C(=O)N1CCC(F)(F)C1)N(C(=O)O)C(C)(C)C. The molecule has 10 nitrogen and oxygen atoms in total. The van der Waals surface area contributed by atoms with E-state index < -0.39 is 54.3 Å². The summed E-state index contributed by atoms with van der Waals surface area (Å²) in [5, 5.41) is 14.4. The molecule has 0 bridgehead atoms. The highest BCUT2D eigenvalue weighted by molar-refractivity contribution is 5.93. The van der Waals surface area contributed by atoms with Gasteiger partial charge in [-0.1, -0.05) is 6.08 Å². The number of hydrogen-bond acceptors (Lipinski definition) is 5. The Balaban J connectivity index is 1.72. The fourth-order valence-electron chi connectivity index (χ4n) is 5.70. The van der Waals surface area contributed by atoms with Crippen LogP contribution in [0, 0.1) is 11.8 Å². The second kappa shape index (κ2) is 10.5. The van der Waals surface area contributed by atoms with Crippen molar-refractivity contribution in [2.24, 2.45) is 11.8 Å². The lowest BCUT2D eigenvalue weighted by atomic mass is 9.74. The summed E-state index contributed by atoms with van der Waals surface area (Å²) < 4.78 is 29.9. The molecule has 2 aliphatic rings. The smallest absolute Gasteiger partial charge is 0.408 e. The maximum atomic E-state index is 14.1. The number of hydrogen-bond donors (Lipinski definition) is 1. The second-order valence-electron chi connectivity index (χ2n) is 11.6. The molecule has 212 valence electrons. The summed E-state index contributed by atoms with van der Waals surface area (Å²) in [6.45, 7) is 3.92. The van der Waals surface area contributed by atoms with Gasteiger partial charge >= 0.3 is 6.09 Å². The number of carboxylic acid groups (broad SMARTS) is 1. The molecule has 1 unspecified atom stereocenters. The van der Waals surface area contributed by atoms with Gasteiger partial charge in [-0.25, -0.2) is 23.1 Å². The number of pyridine rings is 1. The highest BCUT2D eigenvalue weighted by Crippen LogP contribution is 2.40. The Hall–Kier alpha value is -3.57. The number of likely N-dealkylation sites (tertiary alicyclic amines) is 1. The van der Waals surface area contributed by atoms with Crippen molar-refractivity contribution in [1.82, 2.24) is 29.3 Å². The molecule has 2 aromatic heterocycles. The Bertz CT molecular complexity index is 1280. The second-order valence-corrected chi connectivity index (χ2v) is 11.6. The topological polar surface area (TPSA) is 111 Å². The molecule has 1 saturated heterocycles. The minimum absolute atomic E-state index is 0.192. The van der Waals surface area contributed by atoms with Crippen LogP contribution in [0.1, 0.15) is 52.0 Å². The standard InChI is InChI=1S/C27H36F2N6O4/c1-26(2,3)35(25(38)39)22(24(37)33-13-12-27(28,29)15-33)21(23(36)32(4)5)18-8-6-17(7-9-18)19-10-11-20-30-16-31-34(20)14-19/h6,10-11,14,16,18,21-22H,7-9,12-13,15H2,1-5H3,(H,38,39)/t18?,21-,22+/m1/s1. The van der Waals surface area contributed by atoms with E-state index in [9.17, 15) is 28.3 Å². The molecule has 3 amide bonds. The van der Waals surface area contributed by atoms with Gasteiger partial charge in [0.15, 0.2) is 5.65 Å². The Labute approximate surface area is 226 Å². The Morgan fingerprint density at radius 1 is 1.21 bits per heavy atom. The zero-order valence-corrected chi connectivity index (χ0v) is 23.0. The van der Waals surface area contributed by atoms with Crippen LogP contribution in [0.15, 0.2) is 30.7 Å². The number of nitrogens with zero attached hydrogens (tertiary/aromatic N) is 6. The summed E-state index contributed by atoms with van der Waals surface area (Å²) in [5.74, 6) is -5.63. The average molecular weight is 547 g/mol. The molecule has 0 aromatic carbocycles. The van der Waals surface area contributed by atoms with Gasteiger partial charge in [0.25, 0.3) is 5.92 Å². The van der Waals surface area contributed by atoms with Crippen LogP contribution in [0.2, 0.25) is 0 Å². The van der Waals surface area contributed by atoms with Crippen LogP contribution in [-0.2, 0) is 9.59 Å². The third-order valence-corrected chi connectivity index (χ3v) is 7.61. The van der Waals surface area contributed by atoms with Crippen LogP contribution in [0.5, 0.6) is 0 Å². The van der Waals surface area contributed by atoms with E-state index in [-0.39, 0.29) is 12.5 Å². The van der Waals surface area contributed by atoms with E-state index in [0.717, 1.165) is 26.6 Å². The first-order chi connectivity index (χ1) is 18.2. The number of alkyl halides is 2. The Kier molecular flexibility index (Phi) is 7.68. The molecule has 4 rings (SSSR count). The first-order valence-corrected chi connectivity index (χ1v) is 13.1. The number of allylic oxidation sites excluding steroid dienone is 2. The van der Waals surface area contributed by atoms with Crippen LogP contribution in [0.3, 0.4) is 0 Å². The van der Waals surface area contributed by atoms with Crippen molar-refractivity contribution in [2.75, 3.05) is 27.2 Å². The van der Waals surface area contributed by atoms with E-state index in [0.29, 0.717) is 19.3 Å². The number of fused-ring (bicyclic) bond motifs is 1. The molecule has 0 radical (unpaired) electrons. The van der Waals surface area contributed by atoms with Crippen molar-refractivity contribution in [1.29, 1.82) is 0 Å². The lowest BCUT2D eigenvalue weighted by Gasteiger charge is -2.45. The van der Waals surface area contributed by atoms with Crippen molar-refractivity contribution in [3.63, 3.8) is 0 Å². The van der Waals surface area contributed by atoms with Crippen molar-refractivity contribution in [2.45, 2.75) is 64.0 Å². The number of carbonyl (C=O) groups is 3. The molecular formula is C27H36F2N6O4. The fraction of sp³-hybridized carbons (Fsp3) is 0.593. The minimum Gasteiger partial charge on any atom is -0.465 e. The van der Waals surface area contributed by atoms with Crippen LogP contribution in [0.4, 0.5) is 13.6 Å². The zero-order valence-electron chi connectivity index (χ0n) is 23.0. The maximum absolute atomic E-state index is 14.1. The third-order valence-electron chi connectivity index (χ3n) is 7.61. The van der Waals surface area contributed by atoms with Crippen molar-refractivity contribution < 1.29 is 28.3 Å². The predicted octanol–water partition coefficient (Wildman–Crippen LogP) is 3.63. The van der Waals surface area contributed by atoms with E-state index in [1.165, 1.54) is 11.2 Å². The molecule has 0 spiro atoms. The van der Waals surface area contributed by atoms with E-state index in [4.69, 9.17) is 0 Å². The van der Waals surface area contributed by atoms with Crippen LogP contribution in [-0.4, -0.2) is 97.0 Å². The lowest BCUT2D eigenvalue weighted by Crippen LogP contribution is -2.63. The first-order valence-electron chi connectivity index (χ1n) is 13.1. The largest absolute Gasteiger partial charge is 0.465 e. The van der Waals surface area contributed by atoms with E-state index in [1.54, 1.807) is 39.4 Å². The highest BCUT2D eigenvalue weighted by atomic mass is 19.3. The summed E-state index contributed by atoms with van der Waals surface area (Å²) >= 11 is 0. The number of carbonyl (C=O) groups excluding carboxylic acids is 2. The van der Waals surface area contributed by atoms with Crippen LogP contribution >= 0.6 is 0 Å². The Morgan fingerprint density at radius 2 is 1.92 bits per heavy atom. The molecule has 39 heavy (non-hydrogen) atoms. The van der Waals surface area contributed by atoms with E-state index >= 15 is 0 Å². The molecule has 2 aromatic rings. The number of amides is 3. The summed E-state index contributed by atoms with van der Waals surface area (Å²) in [6.07, 6.45) is 5.02. The van der Waals surface area contributed by atoms with Gasteiger partial charge in [-0.3, -0.25) is 14.5 Å². The summed E-state index contributed by atoms with van der Waals surface area (Å²) in [6, 6.07) is 2.37. The maximum Gasteiger partial charge on any atom is 0.408 e. The summed E-state index contributed by atoms with van der Waals surface area (Å²) in [5.41, 5.74) is 1.65. The summed E-state index contributed by atoms with van der Waals surface area (Å²) in [4.78, 5) is 47.7. The average Bonchev–Trinajstić information content (AvgIpc) is 3.47. The third kappa shape index (κ3) is 5.89. The quantitative estimate of drug-likeness (QED) is 0.592. The van der Waals surface area contributed by atoms with Crippen molar-refractivity contribution >= 4 is 29.1 Å². The molecule has 12 heteroatoms. The lowest BCUT2D eigenvalue weighted by molar-refractivity contribution is -0.150. The van der Waals surface area contributed by atoms with Gasteiger partial charge in [-0.2, -0.15) is 5.10 Å².